The van der Waals surface area contributed by atoms with E-state index in [0.717, 1.165) is 45.2 Å². The van der Waals surface area contributed by atoms with Gasteiger partial charge in [0.05, 0.1) is 0 Å². The molecule has 0 heterocycles. The van der Waals surface area contributed by atoms with Crippen LogP contribution in [0.3, 0.4) is 0 Å². The zero-order valence-corrected chi connectivity index (χ0v) is 18.7. The topological polar surface area (TPSA) is 66.7 Å². The molecule has 2 aliphatic carbocycles. The van der Waals surface area contributed by atoms with Crippen molar-refractivity contribution in [3.63, 3.8) is 0 Å². The highest BCUT2D eigenvalue weighted by molar-refractivity contribution is 9.10. The van der Waals surface area contributed by atoms with Crippen molar-refractivity contribution in [1.29, 1.82) is 0 Å². The molecule has 2 aromatic carbocycles. The first-order valence-corrected chi connectivity index (χ1v) is 11.0. The van der Waals surface area contributed by atoms with Gasteiger partial charge in [-0.25, -0.2) is 4.79 Å². The molecule has 0 amide bonds. The minimum atomic E-state index is -1.03. The number of Topliss-reactive ketones (excluding diaryl/α,β-unsaturated/α-hetero) is 1. The van der Waals surface area contributed by atoms with Crippen LogP contribution in [-0.4, -0.2) is 28.6 Å². The van der Waals surface area contributed by atoms with E-state index in [4.69, 9.17) is 0 Å². The molecular weight excluding hydrogens is 442 g/mol. The Bertz CT molecular complexity index is 1100. The molecule has 2 aliphatic rings. The Kier molecular flexibility index (Phi) is 5.49. The fourth-order valence-electron chi connectivity index (χ4n) is 4.37. The van der Waals surface area contributed by atoms with E-state index < -0.39 is 12.0 Å². The fourth-order valence-corrected chi connectivity index (χ4v) is 4.82. The highest BCUT2D eigenvalue weighted by Gasteiger charge is 2.37. The molecule has 0 bridgehead atoms. The van der Waals surface area contributed by atoms with Crippen LogP contribution in [-0.2, 0) is 16.0 Å². The van der Waals surface area contributed by atoms with Gasteiger partial charge in [0.1, 0.15) is 5.71 Å². The van der Waals surface area contributed by atoms with Crippen LogP contribution in [0.1, 0.15) is 49.8 Å². The highest BCUT2D eigenvalue weighted by atomic mass is 79.9. The first-order valence-electron chi connectivity index (χ1n) is 10.2. The Morgan fingerprint density at radius 2 is 1.87 bits per heavy atom. The number of carboxylic acids is 1. The first kappa shape index (κ1) is 20.7. The Hall–Kier alpha value is -2.53. The number of hydrogen-bond donors (Lipinski definition) is 1. The van der Waals surface area contributed by atoms with Gasteiger partial charge in [0.15, 0.2) is 6.04 Å². The molecule has 30 heavy (non-hydrogen) atoms. The van der Waals surface area contributed by atoms with Crippen molar-refractivity contribution in [3.8, 4) is 0 Å². The maximum atomic E-state index is 13.4. The summed E-state index contributed by atoms with van der Waals surface area (Å²) in [7, 11) is 0. The van der Waals surface area contributed by atoms with Gasteiger partial charge in [-0.3, -0.25) is 9.79 Å². The second-order valence-electron chi connectivity index (χ2n) is 8.84. The lowest BCUT2D eigenvalue weighted by molar-refractivity contribution is -0.138. The maximum Gasteiger partial charge on any atom is 0.328 e. The third-order valence-corrected chi connectivity index (χ3v) is 6.45. The Balaban J connectivity index is 1.78. The molecule has 1 atom stereocenters. The molecule has 0 saturated heterocycles. The molecule has 4 nitrogen and oxygen atoms in total. The van der Waals surface area contributed by atoms with Crippen molar-refractivity contribution in [2.45, 2.75) is 45.6 Å². The summed E-state index contributed by atoms with van der Waals surface area (Å²) in [5.41, 5.74) is 4.96. The van der Waals surface area contributed by atoms with Crippen LogP contribution in [0.2, 0.25) is 0 Å². The average molecular weight is 466 g/mol. The number of carbonyl (C=O) groups excluding carboxylic acids is 1. The number of carboxylic acid groups (broad SMARTS) is 1. The van der Waals surface area contributed by atoms with Gasteiger partial charge in [-0.05, 0) is 53.5 Å². The van der Waals surface area contributed by atoms with Gasteiger partial charge < -0.3 is 5.11 Å². The number of aliphatic imine (C=N–C) groups is 1. The molecule has 0 radical (unpaired) electrons. The summed E-state index contributed by atoms with van der Waals surface area (Å²) >= 11 is 3.42. The number of aliphatic carboxylic acids is 1. The number of allylic oxidation sites excluding steroid dienone is 2. The van der Waals surface area contributed by atoms with Crippen LogP contribution in [0, 0.1) is 5.41 Å². The van der Waals surface area contributed by atoms with Crippen molar-refractivity contribution in [2.24, 2.45) is 10.4 Å². The molecule has 4 rings (SSSR count). The molecular formula is C25H24BrNO3. The lowest BCUT2D eigenvalue weighted by Gasteiger charge is -2.36. The van der Waals surface area contributed by atoms with Crippen LogP contribution in [0.15, 0.2) is 63.6 Å². The predicted octanol–water partition coefficient (Wildman–Crippen LogP) is 5.48. The summed E-state index contributed by atoms with van der Waals surface area (Å²) < 4.78 is 0.885. The lowest BCUT2D eigenvalue weighted by Crippen LogP contribution is -2.32. The molecule has 154 valence electrons. The zero-order valence-electron chi connectivity index (χ0n) is 17.1. The maximum absolute atomic E-state index is 13.4. The minimum absolute atomic E-state index is 0.111. The number of benzene rings is 2. The van der Waals surface area contributed by atoms with E-state index in [1.165, 1.54) is 0 Å². The van der Waals surface area contributed by atoms with Gasteiger partial charge in [-0.15, -0.1) is 0 Å². The largest absolute Gasteiger partial charge is 0.480 e. The molecule has 0 aliphatic heterocycles. The van der Waals surface area contributed by atoms with Crippen LogP contribution in [0.5, 0.6) is 0 Å². The Labute approximate surface area is 184 Å². The molecule has 0 saturated carbocycles. The van der Waals surface area contributed by atoms with E-state index in [0.29, 0.717) is 6.42 Å². The van der Waals surface area contributed by atoms with Gasteiger partial charge in [0, 0.05) is 22.0 Å². The average Bonchev–Trinajstić information content (AvgIpc) is 2.69. The second-order valence-corrected chi connectivity index (χ2v) is 9.75. The Morgan fingerprint density at radius 1 is 1.13 bits per heavy atom. The van der Waals surface area contributed by atoms with Gasteiger partial charge in [0.2, 0.25) is 5.78 Å². The quantitative estimate of drug-likeness (QED) is 0.649. The number of halogens is 1. The molecule has 0 unspecified atom stereocenters. The minimum Gasteiger partial charge on any atom is -0.480 e. The summed E-state index contributed by atoms with van der Waals surface area (Å²) in [5, 5.41) is 9.83. The molecule has 2 aromatic rings. The number of rotatable bonds is 4. The summed E-state index contributed by atoms with van der Waals surface area (Å²) in [6.45, 7) is 4.46. The number of carbonyl (C=O) groups is 2. The third-order valence-electron chi connectivity index (χ3n) is 5.96. The number of fused-ring (bicyclic) bond motifs is 2. The molecule has 0 spiro atoms. The lowest BCUT2D eigenvalue weighted by atomic mass is 9.68. The molecule has 5 heteroatoms. The second kappa shape index (κ2) is 7.95. The van der Waals surface area contributed by atoms with E-state index >= 15 is 0 Å². The number of hydrogen-bond acceptors (Lipinski definition) is 3. The third kappa shape index (κ3) is 4.04. The van der Waals surface area contributed by atoms with Crippen molar-refractivity contribution >= 4 is 39.0 Å². The van der Waals surface area contributed by atoms with Crippen LogP contribution in [0.4, 0.5) is 0 Å². The monoisotopic (exact) mass is 465 g/mol. The van der Waals surface area contributed by atoms with Gasteiger partial charge in [-0.2, -0.15) is 0 Å². The molecule has 1 N–H and O–H groups in total. The van der Waals surface area contributed by atoms with Crippen molar-refractivity contribution in [2.75, 3.05) is 0 Å². The smallest absolute Gasteiger partial charge is 0.328 e. The standard InChI is InChI=1S/C25H24BrNO3/c1-25(2)11-10-19-20(14-25)17-8-3-4-9-18(17)22(23(19)28)27-21(24(29)30)13-15-6-5-7-16(26)12-15/h3-9,12,21H,10-11,13-14H2,1-2H3,(H,29,30)/b27-22-/t21-/m0/s1. The summed E-state index contributed by atoms with van der Waals surface area (Å²) in [4.78, 5) is 29.9. The SMILES string of the molecule is CC1(C)CCC2=C(C1)c1ccccc1/C(=N/[C@@H](Cc1cccc(Br)c1)C(=O)O)C2=O. The number of ketones is 1. The molecule has 0 aromatic heterocycles. The van der Waals surface area contributed by atoms with Gasteiger partial charge >= 0.3 is 5.97 Å². The summed E-state index contributed by atoms with van der Waals surface area (Å²) in [6, 6.07) is 14.3. The van der Waals surface area contributed by atoms with Gasteiger partial charge in [-0.1, -0.05) is 66.2 Å². The van der Waals surface area contributed by atoms with Crippen molar-refractivity contribution in [3.05, 3.63) is 75.3 Å². The van der Waals surface area contributed by atoms with Crippen molar-refractivity contribution in [1.82, 2.24) is 0 Å². The highest BCUT2D eigenvalue weighted by Crippen LogP contribution is 2.46. The van der Waals surface area contributed by atoms with E-state index in [1.54, 1.807) is 0 Å². The van der Waals surface area contributed by atoms with Crippen molar-refractivity contribution < 1.29 is 14.7 Å². The zero-order chi connectivity index (χ0) is 21.5. The van der Waals surface area contributed by atoms with E-state index in [1.807, 2.05) is 48.5 Å². The fraction of sp³-hybridized carbons (Fsp3) is 0.320. The predicted molar refractivity (Wildman–Crippen MR) is 122 cm³/mol. The van der Waals surface area contributed by atoms with E-state index in [9.17, 15) is 14.7 Å². The summed E-state index contributed by atoms with van der Waals surface area (Å²) in [6.07, 6.45) is 2.72. The number of nitrogens with zero attached hydrogens (tertiary/aromatic N) is 1. The molecule has 0 fully saturated rings. The van der Waals surface area contributed by atoms with Crippen LogP contribution < -0.4 is 0 Å². The summed E-state index contributed by atoms with van der Waals surface area (Å²) in [5.74, 6) is -1.14. The van der Waals surface area contributed by atoms with Gasteiger partial charge in [0.25, 0.3) is 0 Å². The normalized spacial score (nSPS) is 20.0. The van der Waals surface area contributed by atoms with E-state index in [-0.39, 0.29) is 23.3 Å². The van der Waals surface area contributed by atoms with E-state index in [2.05, 4.69) is 34.8 Å². The van der Waals surface area contributed by atoms with Crippen LogP contribution in [0.25, 0.3) is 5.57 Å². The van der Waals surface area contributed by atoms with Crippen LogP contribution >= 0.6 is 15.9 Å². The Morgan fingerprint density at radius 3 is 2.57 bits per heavy atom. The first-order chi connectivity index (χ1) is 14.2.